The summed E-state index contributed by atoms with van der Waals surface area (Å²) >= 11 is 7.04. The lowest BCUT2D eigenvalue weighted by atomic mass is 10.2. The highest BCUT2D eigenvalue weighted by atomic mass is 79.9. The third kappa shape index (κ3) is 4.25. The molecule has 0 aromatic heterocycles. The summed E-state index contributed by atoms with van der Waals surface area (Å²) in [5.74, 6) is 1.59. The Morgan fingerprint density at radius 2 is 1.60 bits per heavy atom. The van der Waals surface area contributed by atoms with Gasteiger partial charge in [-0.3, -0.25) is 0 Å². The number of halogens is 2. The van der Waals surface area contributed by atoms with Gasteiger partial charge in [-0.25, -0.2) is 0 Å². The summed E-state index contributed by atoms with van der Waals surface area (Å²) in [6.45, 7) is 4.54. The Kier molecular flexibility index (Phi) is 5.49. The van der Waals surface area contributed by atoms with Crippen molar-refractivity contribution in [3.05, 3.63) is 57.0 Å². The molecule has 0 heterocycles. The van der Waals surface area contributed by atoms with Crippen molar-refractivity contribution < 1.29 is 9.47 Å². The normalized spacial score (nSPS) is 10.7. The van der Waals surface area contributed by atoms with Crippen LogP contribution in [0.25, 0.3) is 0 Å². The van der Waals surface area contributed by atoms with E-state index in [0.717, 1.165) is 26.0 Å². The molecular weight excluding hydrogens is 384 g/mol. The molecule has 2 aromatic rings. The number of hydrogen-bond donors (Lipinski definition) is 0. The zero-order chi connectivity index (χ0) is 14.5. The highest BCUT2D eigenvalue weighted by molar-refractivity contribution is 9.11. The molecule has 2 aromatic carbocycles. The van der Waals surface area contributed by atoms with E-state index in [2.05, 4.69) is 31.9 Å². The molecule has 20 heavy (non-hydrogen) atoms. The number of rotatable bonds is 5. The fraction of sp³-hybridized carbons (Fsp3) is 0.250. The van der Waals surface area contributed by atoms with Crippen LogP contribution in [0.5, 0.6) is 11.5 Å². The first kappa shape index (κ1) is 15.4. The van der Waals surface area contributed by atoms with E-state index in [4.69, 9.17) is 9.47 Å². The van der Waals surface area contributed by atoms with Crippen LogP contribution in [0.15, 0.2) is 51.4 Å². The molecule has 0 unspecified atom stereocenters. The van der Waals surface area contributed by atoms with Crippen LogP contribution in [0.4, 0.5) is 0 Å². The van der Waals surface area contributed by atoms with E-state index in [1.807, 2.05) is 56.3 Å². The minimum atomic E-state index is 0.124. The molecule has 0 aliphatic rings. The Morgan fingerprint density at radius 1 is 1.00 bits per heavy atom. The van der Waals surface area contributed by atoms with Gasteiger partial charge in [-0.15, -0.1) is 0 Å². The van der Waals surface area contributed by atoms with Gasteiger partial charge in [0.1, 0.15) is 18.1 Å². The first-order valence-electron chi connectivity index (χ1n) is 6.38. The summed E-state index contributed by atoms with van der Waals surface area (Å²) in [7, 11) is 0. The molecule has 2 nitrogen and oxygen atoms in total. The molecule has 0 atom stereocenters. The van der Waals surface area contributed by atoms with Crippen molar-refractivity contribution in [2.24, 2.45) is 0 Å². The average molecular weight is 400 g/mol. The second kappa shape index (κ2) is 7.14. The zero-order valence-electron chi connectivity index (χ0n) is 11.4. The number of hydrogen-bond acceptors (Lipinski definition) is 2. The molecule has 0 amide bonds. The molecule has 0 aliphatic carbocycles. The van der Waals surface area contributed by atoms with Gasteiger partial charge in [0.2, 0.25) is 0 Å². The van der Waals surface area contributed by atoms with E-state index < -0.39 is 0 Å². The smallest absolute Gasteiger partial charge is 0.148 e. The first-order valence-corrected chi connectivity index (χ1v) is 7.97. The molecule has 106 valence electrons. The van der Waals surface area contributed by atoms with E-state index in [0.29, 0.717) is 6.61 Å². The summed E-state index contributed by atoms with van der Waals surface area (Å²) in [5.41, 5.74) is 1.14. The topological polar surface area (TPSA) is 18.5 Å². The standard InChI is InChI=1S/C16H16Br2O2/c1-11(2)20-16-14(17)8-13(9-15(16)18)19-10-12-6-4-3-5-7-12/h3-9,11H,10H2,1-2H3. The molecule has 0 aliphatic heterocycles. The number of benzene rings is 2. The van der Waals surface area contributed by atoms with Crippen molar-refractivity contribution in [1.82, 2.24) is 0 Å². The van der Waals surface area contributed by atoms with Gasteiger partial charge in [0.25, 0.3) is 0 Å². The Labute approximate surface area is 136 Å². The van der Waals surface area contributed by atoms with Crippen LogP contribution in [0, 0.1) is 0 Å². The van der Waals surface area contributed by atoms with E-state index in [1.54, 1.807) is 0 Å². The molecule has 0 radical (unpaired) electrons. The summed E-state index contributed by atoms with van der Waals surface area (Å²) in [6.07, 6.45) is 0.124. The third-order valence-electron chi connectivity index (χ3n) is 2.57. The predicted octanol–water partition coefficient (Wildman–Crippen LogP) is 5.58. The Bertz CT molecular complexity index is 545. The van der Waals surface area contributed by atoms with Gasteiger partial charge in [-0.2, -0.15) is 0 Å². The van der Waals surface area contributed by atoms with Crippen LogP contribution in [-0.2, 0) is 6.61 Å². The quantitative estimate of drug-likeness (QED) is 0.653. The molecular formula is C16H16Br2O2. The minimum Gasteiger partial charge on any atom is -0.489 e. The van der Waals surface area contributed by atoms with Crippen molar-refractivity contribution in [3.63, 3.8) is 0 Å². The van der Waals surface area contributed by atoms with E-state index in [1.165, 1.54) is 0 Å². The summed E-state index contributed by atoms with van der Waals surface area (Å²) in [5, 5.41) is 0. The Hall–Kier alpha value is -1.00. The lowest BCUT2D eigenvalue weighted by Gasteiger charge is -2.15. The van der Waals surface area contributed by atoms with Crippen LogP contribution < -0.4 is 9.47 Å². The van der Waals surface area contributed by atoms with Crippen LogP contribution in [0.2, 0.25) is 0 Å². The summed E-state index contributed by atoms with van der Waals surface area (Å²) in [6, 6.07) is 13.9. The van der Waals surface area contributed by atoms with Gasteiger partial charge in [-0.05, 0) is 63.4 Å². The van der Waals surface area contributed by atoms with E-state index >= 15 is 0 Å². The lowest BCUT2D eigenvalue weighted by molar-refractivity contribution is 0.238. The fourth-order valence-electron chi connectivity index (χ4n) is 1.71. The van der Waals surface area contributed by atoms with Gasteiger partial charge in [0.05, 0.1) is 15.0 Å². The van der Waals surface area contributed by atoms with Crippen LogP contribution >= 0.6 is 31.9 Å². The highest BCUT2D eigenvalue weighted by Gasteiger charge is 2.11. The van der Waals surface area contributed by atoms with Crippen LogP contribution in [-0.4, -0.2) is 6.10 Å². The Morgan fingerprint density at radius 3 is 2.15 bits per heavy atom. The molecule has 0 N–H and O–H groups in total. The maximum Gasteiger partial charge on any atom is 0.148 e. The molecule has 0 saturated heterocycles. The largest absolute Gasteiger partial charge is 0.489 e. The van der Waals surface area contributed by atoms with Crippen molar-refractivity contribution in [2.45, 2.75) is 26.6 Å². The Balaban J connectivity index is 2.10. The third-order valence-corrected chi connectivity index (χ3v) is 3.75. The molecule has 0 saturated carbocycles. The van der Waals surface area contributed by atoms with Crippen molar-refractivity contribution in [2.75, 3.05) is 0 Å². The number of ether oxygens (including phenoxy) is 2. The fourth-order valence-corrected chi connectivity index (χ4v) is 3.04. The van der Waals surface area contributed by atoms with Crippen molar-refractivity contribution >= 4 is 31.9 Å². The highest BCUT2D eigenvalue weighted by Crippen LogP contribution is 2.38. The predicted molar refractivity (Wildman–Crippen MR) is 88.4 cm³/mol. The van der Waals surface area contributed by atoms with Gasteiger partial charge < -0.3 is 9.47 Å². The second-order valence-electron chi connectivity index (χ2n) is 4.66. The minimum absolute atomic E-state index is 0.124. The monoisotopic (exact) mass is 398 g/mol. The second-order valence-corrected chi connectivity index (χ2v) is 6.37. The van der Waals surface area contributed by atoms with Crippen LogP contribution in [0.3, 0.4) is 0 Å². The molecule has 0 bridgehead atoms. The SMILES string of the molecule is CC(C)Oc1c(Br)cc(OCc2ccccc2)cc1Br. The maximum absolute atomic E-state index is 5.80. The van der Waals surface area contributed by atoms with Gasteiger partial charge in [-0.1, -0.05) is 30.3 Å². The average Bonchev–Trinajstić information content (AvgIpc) is 2.41. The molecule has 0 spiro atoms. The van der Waals surface area contributed by atoms with Crippen molar-refractivity contribution in [1.29, 1.82) is 0 Å². The van der Waals surface area contributed by atoms with Crippen molar-refractivity contribution in [3.8, 4) is 11.5 Å². The molecule has 0 fully saturated rings. The van der Waals surface area contributed by atoms with Gasteiger partial charge >= 0.3 is 0 Å². The van der Waals surface area contributed by atoms with Crippen LogP contribution in [0.1, 0.15) is 19.4 Å². The van der Waals surface area contributed by atoms with Gasteiger partial charge in [0, 0.05) is 0 Å². The molecule has 4 heteroatoms. The van der Waals surface area contributed by atoms with E-state index in [9.17, 15) is 0 Å². The zero-order valence-corrected chi connectivity index (χ0v) is 14.6. The summed E-state index contributed by atoms with van der Waals surface area (Å²) < 4.78 is 13.3. The molecule has 2 rings (SSSR count). The maximum atomic E-state index is 5.80. The van der Waals surface area contributed by atoms with E-state index in [-0.39, 0.29) is 6.10 Å². The summed E-state index contributed by atoms with van der Waals surface area (Å²) in [4.78, 5) is 0. The van der Waals surface area contributed by atoms with Gasteiger partial charge in [0.15, 0.2) is 0 Å². The lowest BCUT2D eigenvalue weighted by Crippen LogP contribution is -2.06. The first-order chi connectivity index (χ1) is 9.56.